The number of piperazine rings is 1. The van der Waals surface area contributed by atoms with E-state index in [0.717, 1.165) is 16.9 Å². The molecule has 27 heavy (non-hydrogen) atoms. The van der Waals surface area contributed by atoms with Crippen LogP contribution in [0.3, 0.4) is 0 Å². The first kappa shape index (κ1) is 18.9. The molecule has 1 saturated heterocycles. The minimum Gasteiger partial charge on any atom is -0.339 e. The highest BCUT2D eigenvalue weighted by atomic mass is 16.2. The van der Waals surface area contributed by atoms with Gasteiger partial charge in [-0.15, -0.1) is 0 Å². The maximum absolute atomic E-state index is 12.8. The molecule has 142 valence electrons. The van der Waals surface area contributed by atoms with Gasteiger partial charge in [0, 0.05) is 44.6 Å². The molecule has 7 heteroatoms. The lowest BCUT2D eigenvalue weighted by atomic mass is 10.1. The van der Waals surface area contributed by atoms with Gasteiger partial charge in [0.25, 0.3) is 5.91 Å². The Bertz CT molecular complexity index is 901. The van der Waals surface area contributed by atoms with Gasteiger partial charge in [-0.1, -0.05) is 0 Å². The van der Waals surface area contributed by atoms with Crippen LogP contribution in [-0.2, 0) is 9.59 Å². The summed E-state index contributed by atoms with van der Waals surface area (Å²) in [7, 11) is 0. The van der Waals surface area contributed by atoms with E-state index in [9.17, 15) is 14.4 Å². The Morgan fingerprint density at radius 2 is 1.48 bits per heavy atom. The lowest BCUT2D eigenvalue weighted by molar-refractivity contribution is -0.134. The maximum Gasteiger partial charge on any atom is 0.254 e. The summed E-state index contributed by atoms with van der Waals surface area (Å²) in [5.41, 5.74) is 3.80. The molecule has 0 aliphatic carbocycles. The van der Waals surface area contributed by atoms with Gasteiger partial charge in [0.05, 0.1) is 22.4 Å². The number of hydrogen-bond acceptors (Lipinski definition) is 5. The van der Waals surface area contributed by atoms with Crippen LogP contribution >= 0.6 is 0 Å². The molecule has 1 fully saturated rings. The van der Waals surface area contributed by atoms with E-state index in [1.165, 1.54) is 6.92 Å². The highest BCUT2D eigenvalue weighted by Gasteiger charge is 2.25. The van der Waals surface area contributed by atoms with Crippen LogP contribution in [0.15, 0.2) is 18.2 Å². The molecule has 1 aromatic heterocycles. The second kappa shape index (κ2) is 7.82. The van der Waals surface area contributed by atoms with Gasteiger partial charge in [-0.25, -0.2) is 9.97 Å². The molecule has 2 amide bonds. The molecule has 0 unspecified atom stereocenters. The maximum atomic E-state index is 12.8. The first-order valence-electron chi connectivity index (χ1n) is 9.16. The minimum atomic E-state index is -0.0623. The summed E-state index contributed by atoms with van der Waals surface area (Å²) in [6.07, 6.45) is 0.514. The molecular formula is C20H24N4O3. The van der Waals surface area contributed by atoms with Crippen molar-refractivity contribution in [2.75, 3.05) is 26.2 Å². The average molecular weight is 368 g/mol. The molecule has 2 aromatic rings. The van der Waals surface area contributed by atoms with Crippen molar-refractivity contribution in [3.63, 3.8) is 0 Å². The number of hydrogen-bond donors (Lipinski definition) is 0. The van der Waals surface area contributed by atoms with Crippen molar-refractivity contribution in [3.05, 3.63) is 35.2 Å². The molecule has 3 rings (SSSR count). The van der Waals surface area contributed by atoms with Crippen LogP contribution < -0.4 is 0 Å². The topological polar surface area (TPSA) is 83.5 Å². The van der Waals surface area contributed by atoms with E-state index in [2.05, 4.69) is 9.97 Å². The Kier molecular flexibility index (Phi) is 5.48. The molecule has 0 radical (unpaired) electrons. The Hall–Kier alpha value is -2.83. The van der Waals surface area contributed by atoms with Crippen LogP contribution in [0.4, 0.5) is 0 Å². The highest BCUT2D eigenvalue weighted by Crippen LogP contribution is 2.17. The molecular weight excluding hydrogens is 344 g/mol. The first-order valence-corrected chi connectivity index (χ1v) is 9.16. The van der Waals surface area contributed by atoms with Gasteiger partial charge in [-0.2, -0.15) is 0 Å². The normalized spacial score (nSPS) is 14.5. The summed E-state index contributed by atoms with van der Waals surface area (Å²) in [6.45, 7) is 7.27. The van der Waals surface area contributed by atoms with Crippen molar-refractivity contribution in [3.8, 4) is 0 Å². The quantitative estimate of drug-likeness (QED) is 0.823. The molecule has 0 atom stereocenters. The number of rotatable bonds is 4. The largest absolute Gasteiger partial charge is 0.339 e. The second-order valence-electron chi connectivity index (χ2n) is 6.97. The van der Waals surface area contributed by atoms with E-state index < -0.39 is 0 Å². The number of carbonyl (C=O) groups excluding carboxylic acids is 3. The Morgan fingerprint density at radius 3 is 2.11 bits per heavy atom. The van der Waals surface area contributed by atoms with Gasteiger partial charge in [-0.05, 0) is 39.0 Å². The van der Waals surface area contributed by atoms with Crippen molar-refractivity contribution in [1.29, 1.82) is 0 Å². The fourth-order valence-electron chi connectivity index (χ4n) is 3.15. The fraction of sp³-hybridized carbons (Fsp3) is 0.450. The van der Waals surface area contributed by atoms with Crippen LogP contribution in [0.5, 0.6) is 0 Å². The van der Waals surface area contributed by atoms with E-state index in [0.29, 0.717) is 37.3 Å². The van der Waals surface area contributed by atoms with Gasteiger partial charge < -0.3 is 14.6 Å². The second-order valence-corrected chi connectivity index (χ2v) is 6.97. The average Bonchev–Trinajstić information content (AvgIpc) is 2.66. The van der Waals surface area contributed by atoms with Crippen LogP contribution in [-0.4, -0.2) is 63.5 Å². The van der Waals surface area contributed by atoms with Crippen LogP contribution in [0, 0.1) is 13.8 Å². The Labute approximate surface area is 158 Å². The smallest absolute Gasteiger partial charge is 0.254 e. The Morgan fingerprint density at radius 1 is 0.889 bits per heavy atom. The van der Waals surface area contributed by atoms with Gasteiger partial charge in [-0.3, -0.25) is 9.59 Å². The summed E-state index contributed by atoms with van der Waals surface area (Å²) in [5, 5.41) is 0. The van der Waals surface area contributed by atoms with Crippen molar-refractivity contribution >= 4 is 28.6 Å². The third-order valence-electron chi connectivity index (χ3n) is 4.93. The molecule has 1 aromatic carbocycles. The van der Waals surface area contributed by atoms with Crippen molar-refractivity contribution in [1.82, 2.24) is 19.8 Å². The summed E-state index contributed by atoms with van der Waals surface area (Å²) in [6, 6.07) is 5.38. The van der Waals surface area contributed by atoms with Crippen molar-refractivity contribution < 1.29 is 14.4 Å². The molecule has 0 saturated carbocycles. The van der Waals surface area contributed by atoms with Crippen LogP contribution in [0.25, 0.3) is 11.0 Å². The third kappa shape index (κ3) is 4.30. The van der Waals surface area contributed by atoms with E-state index in [-0.39, 0.29) is 30.4 Å². The summed E-state index contributed by atoms with van der Waals surface area (Å²) >= 11 is 0. The zero-order chi connectivity index (χ0) is 19.6. The van der Waals surface area contributed by atoms with Gasteiger partial charge >= 0.3 is 0 Å². The summed E-state index contributed by atoms with van der Waals surface area (Å²) in [4.78, 5) is 48.4. The standard InChI is InChI=1S/C20H24N4O3/c1-13(25)4-7-19(26)23-8-10-24(11-9-23)20(27)16-5-6-17-18(12-16)22-15(3)14(2)21-17/h5-6,12H,4,7-11H2,1-3H3. The monoisotopic (exact) mass is 368 g/mol. The predicted molar refractivity (Wildman–Crippen MR) is 101 cm³/mol. The van der Waals surface area contributed by atoms with Gasteiger partial charge in [0.15, 0.2) is 0 Å². The van der Waals surface area contributed by atoms with Crippen LogP contribution in [0.1, 0.15) is 41.5 Å². The number of fused-ring (bicyclic) bond motifs is 1. The summed E-state index contributed by atoms with van der Waals surface area (Å²) < 4.78 is 0. The zero-order valence-corrected chi connectivity index (χ0v) is 16.0. The number of benzene rings is 1. The Balaban J connectivity index is 1.65. The lowest BCUT2D eigenvalue weighted by Gasteiger charge is -2.35. The molecule has 0 N–H and O–H groups in total. The predicted octanol–water partition coefficient (Wildman–Crippen LogP) is 1.90. The van der Waals surface area contributed by atoms with E-state index in [4.69, 9.17) is 0 Å². The highest BCUT2D eigenvalue weighted by molar-refractivity contribution is 5.97. The van der Waals surface area contributed by atoms with Gasteiger partial charge in [0.1, 0.15) is 5.78 Å². The number of aromatic nitrogens is 2. The number of amides is 2. The number of aryl methyl sites for hydroxylation is 2. The molecule has 2 heterocycles. The lowest BCUT2D eigenvalue weighted by Crippen LogP contribution is -2.50. The molecule has 1 aliphatic rings. The SMILES string of the molecule is CC(=O)CCC(=O)N1CCN(C(=O)c2ccc3nc(C)c(C)nc3c2)CC1. The van der Waals surface area contributed by atoms with Gasteiger partial charge in [0.2, 0.25) is 5.91 Å². The minimum absolute atomic E-state index is 0.0157. The first-order chi connectivity index (χ1) is 12.8. The van der Waals surface area contributed by atoms with E-state index in [1.807, 2.05) is 19.9 Å². The fourth-order valence-corrected chi connectivity index (χ4v) is 3.15. The van der Waals surface area contributed by atoms with Crippen LogP contribution in [0.2, 0.25) is 0 Å². The summed E-state index contributed by atoms with van der Waals surface area (Å²) in [5.74, 6) is -0.0705. The molecule has 0 bridgehead atoms. The molecule has 0 spiro atoms. The number of carbonyl (C=O) groups is 3. The number of ketones is 1. The molecule has 7 nitrogen and oxygen atoms in total. The number of nitrogens with zero attached hydrogens (tertiary/aromatic N) is 4. The van der Waals surface area contributed by atoms with Crippen molar-refractivity contribution in [2.45, 2.75) is 33.6 Å². The molecule has 1 aliphatic heterocycles. The van der Waals surface area contributed by atoms with E-state index in [1.54, 1.807) is 21.9 Å². The third-order valence-corrected chi connectivity index (χ3v) is 4.93. The van der Waals surface area contributed by atoms with E-state index >= 15 is 0 Å². The zero-order valence-electron chi connectivity index (χ0n) is 16.0. The number of Topliss-reactive ketones (excluding diaryl/α,β-unsaturated/α-hetero) is 1. The van der Waals surface area contributed by atoms with Crippen molar-refractivity contribution in [2.24, 2.45) is 0 Å².